The van der Waals surface area contributed by atoms with Crippen molar-refractivity contribution in [1.82, 2.24) is 10.2 Å². The van der Waals surface area contributed by atoms with Gasteiger partial charge in [-0.2, -0.15) is 0 Å². The molecule has 6 heteroatoms. The highest BCUT2D eigenvalue weighted by Crippen LogP contribution is 2.21. The van der Waals surface area contributed by atoms with Crippen molar-refractivity contribution >= 4 is 16.9 Å². The Kier molecular flexibility index (Phi) is 5.57. The number of methoxy groups -OCH3 is 1. The number of para-hydroxylation sites is 1. The van der Waals surface area contributed by atoms with E-state index < -0.39 is 5.91 Å². The van der Waals surface area contributed by atoms with Crippen LogP contribution < -0.4 is 15.5 Å². The Morgan fingerprint density at radius 3 is 2.52 bits per heavy atom. The third-order valence-corrected chi connectivity index (χ3v) is 4.44. The summed E-state index contributed by atoms with van der Waals surface area (Å²) < 4.78 is 10.8. The molecule has 0 bridgehead atoms. The number of hydrogen-bond donors (Lipinski definition) is 1. The lowest BCUT2D eigenvalue weighted by Crippen LogP contribution is -2.34. The summed E-state index contributed by atoms with van der Waals surface area (Å²) in [5.41, 5.74) is 1.21. The number of rotatable bonds is 6. The predicted octanol–water partition coefficient (Wildman–Crippen LogP) is 2.83. The maximum Gasteiger partial charge on any atom is 0.287 e. The van der Waals surface area contributed by atoms with Crippen LogP contribution in [0.2, 0.25) is 0 Å². The first-order valence-corrected chi connectivity index (χ1v) is 8.61. The van der Waals surface area contributed by atoms with E-state index in [0.29, 0.717) is 17.5 Å². The van der Waals surface area contributed by atoms with Crippen molar-refractivity contribution in [2.24, 2.45) is 0 Å². The number of benzene rings is 2. The average Bonchev–Trinajstić information content (AvgIpc) is 2.68. The highest BCUT2D eigenvalue weighted by atomic mass is 16.5. The molecule has 0 fully saturated rings. The van der Waals surface area contributed by atoms with E-state index in [0.717, 1.165) is 11.3 Å². The molecule has 0 saturated carbocycles. The van der Waals surface area contributed by atoms with Crippen molar-refractivity contribution in [2.75, 3.05) is 27.7 Å². The van der Waals surface area contributed by atoms with Gasteiger partial charge in [0.1, 0.15) is 11.3 Å². The van der Waals surface area contributed by atoms with E-state index in [1.54, 1.807) is 31.4 Å². The topological polar surface area (TPSA) is 71.8 Å². The zero-order valence-corrected chi connectivity index (χ0v) is 15.6. The van der Waals surface area contributed by atoms with Crippen molar-refractivity contribution in [1.29, 1.82) is 0 Å². The Labute approximate surface area is 157 Å². The minimum Gasteiger partial charge on any atom is -0.497 e. The SMILES string of the molecule is COc1ccc([C@@H](CNC(=O)c2cc(=O)c3ccccc3o2)N(C)C)cc1. The summed E-state index contributed by atoms with van der Waals surface area (Å²) in [5, 5.41) is 3.31. The quantitative estimate of drug-likeness (QED) is 0.726. The van der Waals surface area contributed by atoms with Crippen molar-refractivity contribution < 1.29 is 13.9 Å². The van der Waals surface area contributed by atoms with Crippen LogP contribution in [0.25, 0.3) is 11.0 Å². The maximum absolute atomic E-state index is 12.5. The molecule has 1 aromatic heterocycles. The van der Waals surface area contributed by atoms with Crippen LogP contribution in [0.15, 0.2) is 63.8 Å². The molecule has 0 aliphatic carbocycles. The third kappa shape index (κ3) is 4.17. The van der Waals surface area contributed by atoms with E-state index >= 15 is 0 Å². The average molecular weight is 366 g/mol. The summed E-state index contributed by atoms with van der Waals surface area (Å²) in [5.74, 6) is 0.363. The van der Waals surface area contributed by atoms with E-state index in [1.807, 2.05) is 43.3 Å². The van der Waals surface area contributed by atoms with Gasteiger partial charge in [0.2, 0.25) is 0 Å². The van der Waals surface area contributed by atoms with E-state index in [1.165, 1.54) is 6.07 Å². The molecule has 27 heavy (non-hydrogen) atoms. The third-order valence-electron chi connectivity index (χ3n) is 4.44. The van der Waals surface area contributed by atoms with Crippen LogP contribution >= 0.6 is 0 Å². The zero-order valence-electron chi connectivity index (χ0n) is 15.6. The van der Waals surface area contributed by atoms with E-state index in [2.05, 4.69) is 5.32 Å². The van der Waals surface area contributed by atoms with Gasteiger partial charge in [0.05, 0.1) is 18.5 Å². The van der Waals surface area contributed by atoms with Gasteiger partial charge in [0.25, 0.3) is 5.91 Å². The highest BCUT2D eigenvalue weighted by molar-refractivity contribution is 5.93. The first-order chi connectivity index (χ1) is 13.0. The second kappa shape index (κ2) is 8.05. The van der Waals surface area contributed by atoms with Gasteiger partial charge in [-0.05, 0) is 43.9 Å². The Morgan fingerprint density at radius 1 is 1.15 bits per heavy atom. The molecule has 0 aliphatic rings. The lowest BCUT2D eigenvalue weighted by molar-refractivity contribution is 0.0914. The van der Waals surface area contributed by atoms with Gasteiger partial charge in [-0.25, -0.2) is 0 Å². The standard InChI is InChI=1S/C21H22N2O4/c1-23(2)17(14-8-10-15(26-3)11-9-14)13-22-21(25)20-12-18(24)16-6-4-5-7-19(16)27-20/h4-12,17H,13H2,1-3H3,(H,22,25)/t17-/m1/s1. The second-order valence-corrected chi connectivity index (χ2v) is 6.43. The van der Waals surface area contributed by atoms with Crippen LogP contribution in [0.3, 0.4) is 0 Å². The molecule has 0 unspecified atom stereocenters. The van der Waals surface area contributed by atoms with Crippen LogP contribution in [0.1, 0.15) is 22.2 Å². The molecule has 140 valence electrons. The highest BCUT2D eigenvalue weighted by Gasteiger charge is 2.18. The summed E-state index contributed by atoms with van der Waals surface area (Å²) in [6.07, 6.45) is 0. The fraction of sp³-hybridized carbons (Fsp3) is 0.238. The molecule has 1 amide bonds. The Morgan fingerprint density at radius 2 is 1.85 bits per heavy atom. The molecule has 2 aromatic carbocycles. The molecule has 1 atom stereocenters. The number of amides is 1. The minimum absolute atomic E-state index is 0.00550. The maximum atomic E-state index is 12.5. The van der Waals surface area contributed by atoms with Crippen LogP contribution in [0.5, 0.6) is 5.75 Å². The Bertz CT molecular complexity index is 993. The molecule has 1 heterocycles. The number of fused-ring (bicyclic) bond motifs is 1. The molecular formula is C21H22N2O4. The number of ether oxygens (including phenoxy) is 1. The van der Waals surface area contributed by atoms with Gasteiger partial charge in [-0.3, -0.25) is 9.59 Å². The normalized spacial score (nSPS) is 12.1. The predicted molar refractivity (Wildman–Crippen MR) is 104 cm³/mol. The number of carbonyl (C=O) groups is 1. The monoisotopic (exact) mass is 366 g/mol. The number of nitrogens with one attached hydrogen (secondary N) is 1. The molecule has 0 radical (unpaired) electrons. The van der Waals surface area contributed by atoms with E-state index in [-0.39, 0.29) is 17.2 Å². The minimum atomic E-state index is -0.418. The molecule has 0 spiro atoms. The van der Waals surface area contributed by atoms with Gasteiger partial charge in [0.15, 0.2) is 11.2 Å². The largest absolute Gasteiger partial charge is 0.497 e. The molecule has 0 saturated heterocycles. The Balaban J connectivity index is 1.77. The van der Waals surface area contributed by atoms with Crippen molar-refractivity contribution in [3.8, 4) is 5.75 Å². The first kappa shape index (κ1) is 18.7. The molecular weight excluding hydrogens is 344 g/mol. The summed E-state index contributed by atoms with van der Waals surface area (Å²) in [6, 6.07) is 15.8. The first-order valence-electron chi connectivity index (χ1n) is 8.61. The van der Waals surface area contributed by atoms with E-state index in [4.69, 9.17) is 9.15 Å². The number of nitrogens with zero attached hydrogens (tertiary/aromatic N) is 1. The second-order valence-electron chi connectivity index (χ2n) is 6.43. The van der Waals surface area contributed by atoms with Crippen molar-refractivity contribution in [2.45, 2.75) is 6.04 Å². The molecule has 3 rings (SSSR count). The zero-order chi connectivity index (χ0) is 19.4. The molecule has 6 nitrogen and oxygen atoms in total. The van der Waals surface area contributed by atoms with Crippen molar-refractivity contribution in [3.05, 3.63) is 76.1 Å². The van der Waals surface area contributed by atoms with Gasteiger partial charge >= 0.3 is 0 Å². The molecule has 1 N–H and O–H groups in total. The summed E-state index contributed by atoms with van der Waals surface area (Å²) in [7, 11) is 5.50. The van der Waals surface area contributed by atoms with Crippen LogP contribution in [0, 0.1) is 0 Å². The van der Waals surface area contributed by atoms with E-state index in [9.17, 15) is 9.59 Å². The lowest BCUT2D eigenvalue weighted by atomic mass is 10.1. The Hall–Kier alpha value is -3.12. The van der Waals surface area contributed by atoms with Crippen molar-refractivity contribution in [3.63, 3.8) is 0 Å². The van der Waals surface area contributed by atoms with Gasteiger partial charge in [0, 0.05) is 12.6 Å². The summed E-state index contributed by atoms with van der Waals surface area (Å²) in [6.45, 7) is 0.370. The summed E-state index contributed by atoms with van der Waals surface area (Å²) in [4.78, 5) is 26.7. The molecule has 0 aliphatic heterocycles. The lowest BCUT2D eigenvalue weighted by Gasteiger charge is -2.25. The van der Waals surface area contributed by atoms with Gasteiger partial charge in [-0.1, -0.05) is 24.3 Å². The number of carbonyl (C=O) groups excluding carboxylic acids is 1. The summed E-state index contributed by atoms with van der Waals surface area (Å²) >= 11 is 0. The molecule has 3 aromatic rings. The number of likely N-dealkylation sites (N-methyl/N-ethyl adjacent to an activating group) is 1. The smallest absolute Gasteiger partial charge is 0.287 e. The van der Waals surface area contributed by atoms with Crippen LogP contribution in [-0.2, 0) is 0 Å². The number of hydrogen-bond acceptors (Lipinski definition) is 5. The van der Waals surface area contributed by atoms with Gasteiger partial charge < -0.3 is 19.4 Å². The van der Waals surface area contributed by atoms with Gasteiger partial charge in [-0.15, -0.1) is 0 Å². The van der Waals surface area contributed by atoms with Crippen LogP contribution in [0.4, 0.5) is 0 Å². The fourth-order valence-corrected chi connectivity index (χ4v) is 2.92. The van der Waals surface area contributed by atoms with Crippen LogP contribution in [-0.4, -0.2) is 38.6 Å². The fourth-order valence-electron chi connectivity index (χ4n) is 2.92.